The summed E-state index contributed by atoms with van der Waals surface area (Å²) in [5.41, 5.74) is -0.572. The molecule has 0 bridgehead atoms. The summed E-state index contributed by atoms with van der Waals surface area (Å²) in [5.74, 6) is -0.0721. The smallest absolute Gasteiger partial charge is 0.407 e. The zero-order chi connectivity index (χ0) is 15.3. The summed E-state index contributed by atoms with van der Waals surface area (Å²) in [7, 11) is 0. The van der Waals surface area contributed by atoms with Crippen molar-refractivity contribution in [1.29, 1.82) is 0 Å². The number of hydrogen-bond acceptors (Lipinski definition) is 3. The molecule has 1 aliphatic carbocycles. The first-order chi connectivity index (χ1) is 9.17. The second-order valence-electron chi connectivity index (χ2n) is 6.88. The molecule has 0 aromatic heterocycles. The molecule has 0 aliphatic heterocycles. The number of carbonyl (C=O) groups is 2. The van der Waals surface area contributed by atoms with Gasteiger partial charge in [0.05, 0.1) is 6.42 Å². The highest BCUT2D eigenvalue weighted by molar-refractivity contribution is 5.71. The monoisotopic (exact) mass is 285 g/mol. The van der Waals surface area contributed by atoms with Crippen molar-refractivity contribution < 1.29 is 19.4 Å². The third-order valence-electron chi connectivity index (χ3n) is 3.64. The fraction of sp³-hybridized carbons (Fsp3) is 0.867. The van der Waals surface area contributed by atoms with Crippen LogP contribution in [-0.2, 0) is 9.53 Å². The van der Waals surface area contributed by atoms with Crippen LogP contribution in [0.1, 0.15) is 59.8 Å². The first-order valence-electron chi connectivity index (χ1n) is 7.38. The first kappa shape index (κ1) is 16.8. The molecule has 5 nitrogen and oxygen atoms in total. The topological polar surface area (TPSA) is 75.6 Å². The van der Waals surface area contributed by atoms with E-state index in [4.69, 9.17) is 9.84 Å². The Morgan fingerprint density at radius 1 is 1.35 bits per heavy atom. The average molecular weight is 285 g/mol. The van der Waals surface area contributed by atoms with Crippen LogP contribution in [0.3, 0.4) is 0 Å². The summed E-state index contributed by atoms with van der Waals surface area (Å²) in [4.78, 5) is 22.9. The number of carboxylic acids is 1. The lowest BCUT2D eigenvalue weighted by Crippen LogP contribution is -2.45. The van der Waals surface area contributed by atoms with Gasteiger partial charge in [-0.15, -0.1) is 0 Å². The Bertz CT molecular complexity index is 348. The van der Waals surface area contributed by atoms with Crippen LogP contribution < -0.4 is 5.32 Å². The van der Waals surface area contributed by atoms with E-state index in [1.165, 1.54) is 6.42 Å². The lowest BCUT2D eigenvalue weighted by molar-refractivity contribution is -0.138. The Kier molecular flexibility index (Phi) is 5.84. The summed E-state index contributed by atoms with van der Waals surface area (Å²) in [6.07, 6.45) is 3.64. The number of amides is 1. The van der Waals surface area contributed by atoms with Gasteiger partial charge in [0.15, 0.2) is 0 Å². The highest BCUT2D eigenvalue weighted by Crippen LogP contribution is 2.32. The van der Waals surface area contributed by atoms with Gasteiger partial charge in [-0.3, -0.25) is 4.79 Å². The van der Waals surface area contributed by atoms with Gasteiger partial charge in [-0.2, -0.15) is 0 Å². The minimum atomic E-state index is -0.885. The molecule has 1 saturated carbocycles. The van der Waals surface area contributed by atoms with Crippen LogP contribution in [0.2, 0.25) is 0 Å². The Labute approximate surface area is 121 Å². The van der Waals surface area contributed by atoms with E-state index in [-0.39, 0.29) is 18.4 Å². The quantitative estimate of drug-likeness (QED) is 0.831. The number of alkyl carbamates (subject to hydrolysis) is 1. The zero-order valence-electron chi connectivity index (χ0n) is 12.9. The van der Waals surface area contributed by atoms with Crippen LogP contribution in [-0.4, -0.2) is 28.8 Å². The normalized spacial score (nSPS) is 24.8. The highest BCUT2D eigenvalue weighted by atomic mass is 16.6. The largest absolute Gasteiger partial charge is 0.481 e. The van der Waals surface area contributed by atoms with E-state index in [2.05, 4.69) is 12.2 Å². The van der Waals surface area contributed by atoms with Crippen molar-refractivity contribution in [1.82, 2.24) is 5.32 Å². The minimum Gasteiger partial charge on any atom is -0.481 e. The maximum Gasteiger partial charge on any atom is 0.407 e. The molecule has 116 valence electrons. The molecule has 1 amide bonds. The molecule has 0 aromatic carbocycles. The molecule has 1 fully saturated rings. The molecule has 2 N–H and O–H groups in total. The van der Waals surface area contributed by atoms with E-state index in [9.17, 15) is 9.59 Å². The van der Waals surface area contributed by atoms with Gasteiger partial charge >= 0.3 is 12.1 Å². The molecule has 20 heavy (non-hydrogen) atoms. The second-order valence-corrected chi connectivity index (χ2v) is 6.88. The summed E-state index contributed by atoms with van der Waals surface area (Å²) in [6.45, 7) is 7.56. The number of hydrogen-bond donors (Lipinski definition) is 2. The summed E-state index contributed by atoms with van der Waals surface area (Å²) in [5, 5.41) is 11.8. The molecule has 0 saturated heterocycles. The van der Waals surface area contributed by atoms with Gasteiger partial charge in [-0.25, -0.2) is 4.79 Å². The Morgan fingerprint density at radius 3 is 2.50 bits per heavy atom. The Balaban J connectivity index is 2.64. The summed E-state index contributed by atoms with van der Waals surface area (Å²) < 4.78 is 5.22. The van der Waals surface area contributed by atoms with Crippen molar-refractivity contribution in [2.75, 3.05) is 0 Å². The van der Waals surface area contributed by atoms with Crippen molar-refractivity contribution in [3.8, 4) is 0 Å². The van der Waals surface area contributed by atoms with Gasteiger partial charge in [0.1, 0.15) is 5.60 Å². The van der Waals surface area contributed by atoms with Crippen LogP contribution in [0.5, 0.6) is 0 Å². The second kappa shape index (κ2) is 6.95. The van der Waals surface area contributed by atoms with Crippen LogP contribution in [0.4, 0.5) is 4.79 Å². The van der Waals surface area contributed by atoms with Crippen molar-refractivity contribution in [2.24, 2.45) is 11.8 Å². The SMILES string of the molecule is CC1CCCC(C(CC(=O)O)NC(=O)OC(C)(C)C)C1. The van der Waals surface area contributed by atoms with E-state index in [1.807, 2.05) is 0 Å². The van der Waals surface area contributed by atoms with Crippen LogP contribution in [0.15, 0.2) is 0 Å². The van der Waals surface area contributed by atoms with Gasteiger partial charge in [0.2, 0.25) is 0 Å². The first-order valence-corrected chi connectivity index (χ1v) is 7.38. The Morgan fingerprint density at radius 2 is 2.00 bits per heavy atom. The standard InChI is InChI=1S/C15H27NO4/c1-10-6-5-7-11(8-10)12(9-13(17)18)16-14(19)20-15(2,3)4/h10-12H,5-9H2,1-4H3,(H,16,19)(H,17,18). The van der Waals surface area contributed by atoms with Crippen molar-refractivity contribution in [3.05, 3.63) is 0 Å². The average Bonchev–Trinajstić information content (AvgIpc) is 2.24. The number of nitrogens with one attached hydrogen (secondary N) is 1. The molecule has 0 aromatic rings. The van der Waals surface area contributed by atoms with E-state index < -0.39 is 17.7 Å². The third-order valence-corrected chi connectivity index (χ3v) is 3.64. The molecule has 3 unspecified atom stereocenters. The number of carbonyl (C=O) groups excluding carboxylic acids is 1. The zero-order valence-corrected chi connectivity index (χ0v) is 12.9. The number of aliphatic carboxylic acids is 1. The van der Waals surface area contributed by atoms with Gasteiger partial charge in [-0.05, 0) is 45.4 Å². The van der Waals surface area contributed by atoms with Gasteiger partial charge in [0.25, 0.3) is 0 Å². The summed E-state index contributed by atoms with van der Waals surface area (Å²) in [6, 6.07) is -0.343. The fourth-order valence-electron chi connectivity index (χ4n) is 2.83. The minimum absolute atomic E-state index is 0.0450. The highest BCUT2D eigenvalue weighted by Gasteiger charge is 2.30. The van der Waals surface area contributed by atoms with Crippen molar-refractivity contribution in [3.63, 3.8) is 0 Å². The van der Waals surface area contributed by atoms with Crippen LogP contribution in [0.25, 0.3) is 0 Å². The predicted molar refractivity (Wildman–Crippen MR) is 76.5 cm³/mol. The number of ether oxygens (including phenoxy) is 1. The maximum atomic E-state index is 11.8. The molecule has 0 spiro atoms. The van der Waals surface area contributed by atoms with E-state index in [1.54, 1.807) is 20.8 Å². The molecule has 5 heteroatoms. The molecular weight excluding hydrogens is 258 g/mol. The molecule has 0 radical (unpaired) electrons. The molecule has 0 heterocycles. The van der Waals surface area contributed by atoms with Crippen LogP contribution >= 0.6 is 0 Å². The Hall–Kier alpha value is -1.26. The van der Waals surface area contributed by atoms with E-state index >= 15 is 0 Å². The number of rotatable bonds is 4. The van der Waals surface area contributed by atoms with Crippen molar-refractivity contribution >= 4 is 12.1 Å². The van der Waals surface area contributed by atoms with Crippen LogP contribution in [0, 0.1) is 11.8 Å². The lowest BCUT2D eigenvalue weighted by Gasteiger charge is -2.33. The lowest BCUT2D eigenvalue weighted by atomic mass is 9.78. The van der Waals surface area contributed by atoms with E-state index in [0.717, 1.165) is 19.3 Å². The number of carboxylic acid groups (broad SMARTS) is 1. The molecule has 1 rings (SSSR count). The molecule has 3 atom stereocenters. The third kappa shape index (κ3) is 6.26. The molecule has 1 aliphatic rings. The van der Waals surface area contributed by atoms with Crippen molar-refractivity contribution in [2.45, 2.75) is 71.4 Å². The van der Waals surface area contributed by atoms with Gasteiger partial charge in [0, 0.05) is 6.04 Å². The maximum absolute atomic E-state index is 11.8. The van der Waals surface area contributed by atoms with Gasteiger partial charge in [-0.1, -0.05) is 19.8 Å². The van der Waals surface area contributed by atoms with Gasteiger partial charge < -0.3 is 15.2 Å². The fourth-order valence-corrected chi connectivity index (χ4v) is 2.83. The predicted octanol–water partition coefficient (Wildman–Crippen LogP) is 3.18. The molecular formula is C15H27NO4. The summed E-state index contributed by atoms with van der Waals surface area (Å²) >= 11 is 0. The van der Waals surface area contributed by atoms with E-state index in [0.29, 0.717) is 5.92 Å².